The zero-order valence-corrected chi connectivity index (χ0v) is 10.1. The Morgan fingerprint density at radius 2 is 2.00 bits per heavy atom. The van der Waals surface area contributed by atoms with Gasteiger partial charge in [-0.15, -0.1) is 0 Å². The number of carboxylic acids is 1. The van der Waals surface area contributed by atoms with E-state index in [4.69, 9.17) is 5.11 Å². The average Bonchev–Trinajstić information content (AvgIpc) is 2.16. The summed E-state index contributed by atoms with van der Waals surface area (Å²) >= 11 is 0. The molecular weight excluding hydrogens is 208 g/mol. The fourth-order valence-corrected chi connectivity index (χ4v) is 1.97. The predicted molar refractivity (Wildman–Crippen MR) is 60.0 cm³/mol. The first-order valence-corrected chi connectivity index (χ1v) is 5.62. The van der Waals surface area contributed by atoms with Crippen LogP contribution in [0.5, 0.6) is 0 Å². The molecule has 1 fully saturated rings. The van der Waals surface area contributed by atoms with E-state index in [9.17, 15) is 9.59 Å². The third kappa shape index (κ3) is 3.48. The van der Waals surface area contributed by atoms with Gasteiger partial charge in [-0.25, -0.2) is 0 Å². The molecule has 0 aromatic rings. The van der Waals surface area contributed by atoms with Crippen LogP contribution in [0.4, 0.5) is 0 Å². The molecule has 1 heterocycles. The van der Waals surface area contributed by atoms with Crippen LogP contribution >= 0.6 is 0 Å². The molecule has 1 aliphatic heterocycles. The first-order valence-electron chi connectivity index (χ1n) is 5.62. The number of hydrogen-bond acceptors (Lipinski definition) is 3. The van der Waals surface area contributed by atoms with Gasteiger partial charge in [0.1, 0.15) is 0 Å². The van der Waals surface area contributed by atoms with Gasteiger partial charge in [-0.3, -0.25) is 9.59 Å². The largest absolute Gasteiger partial charge is 0.481 e. The average molecular weight is 228 g/mol. The van der Waals surface area contributed by atoms with E-state index in [0.29, 0.717) is 13.0 Å². The number of carbonyl (C=O) groups is 2. The number of carbonyl (C=O) groups excluding carboxylic acids is 1. The Morgan fingerprint density at radius 1 is 1.38 bits per heavy atom. The van der Waals surface area contributed by atoms with Crippen LogP contribution in [0.25, 0.3) is 0 Å². The van der Waals surface area contributed by atoms with Crippen molar-refractivity contribution in [3.05, 3.63) is 0 Å². The molecule has 5 nitrogen and oxygen atoms in total. The number of likely N-dealkylation sites (N-methyl/N-ethyl adjacent to an activating group) is 1. The van der Waals surface area contributed by atoms with Crippen LogP contribution in [0.3, 0.4) is 0 Å². The van der Waals surface area contributed by atoms with Crippen molar-refractivity contribution in [2.75, 3.05) is 20.1 Å². The summed E-state index contributed by atoms with van der Waals surface area (Å²) in [5.41, 5.74) is 0. The lowest BCUT2D eigenvalue weighted by molar-refractivity contribution is -0.144. The Morgan fingerprint density at radius 3 is 2.50 bits per heavy atom. The van der Waals surface area contributed by atoms with Gasteiger partial charge in [0, 0.05) is 25.0 Å². The molecule has 0 aliphatic carbocycles. The molecule has 16 heavy (non-hydrogen) atoms. The number of aliphatic carboxylic acids is 1. The van der Waals surface area contributed by atoms with Crippen molar-refractivity contribution < 1.29 is 14.7 Å². The second-order valence-electron chi connectivity index (χ2n) is 4.85. The molecule has 5 heteroatoms. The molecule has 0 bridgehead atoms. The van der Waals surface area contributed by atoms with Crippen LogP contribution in [-0.2, 0) is 9.59 Å². The van der Waals surface area contributed by atoms with E-state index < -0.39 is 5.97 Å². The van der Waals surface area contributed by atoms with Crippen molar-refractivity contribution >= 4 is 11.9 Å². The second-order valence-corrected chi connectivity index (χ2v) is 4.85. The minimum atomic E-state index is -0.782. The molecule has 0 aromatic carbocycles. The number of piperidine rings is 1. The summed E-state index contributed by atoms with van der Waals surface area (Å²) < 4.78 is 0. The number of nitrogens with one attached hydrogen (secondary N) is 1. The van der Waals surface area contributed by atoms with E-state index in [-0.39, 0.29) is 23.8 Å². The molecule has 0 aromatic heterocycles. The van der Waals surface area contributed by atoms with E-state index in [2.05, 4.69) is 5.32 Å². The third-order valence-corrected chi connectivity index (χ3v) is 2.85. The Bertz CT molecular complexity index is 278. The van der Waals surface area contributed by atoms with Crippen molar-refractivity contribution in [2.45, 2.75) is 26.3 Å². The molecule has 0 spiro atoms. The smallest absolute Gasteiger partial charge is 0.307 e. The van der Waals surface area contributed by atoms with Gasteiger partial charge in [-0.2, -0.15) is 0 Å². The highest BCUT2D eigenvalue weighted by atomic mass is 16.4. The summed E-state index contributed by atoms with van der Waals surface area (Å²) in [6.45, 7) is 4.94. The lowest BCUT2D eigenvalue weighted by Gasteiger charge is -2.34. The van der Waals surface area contributed by atoms with Gasteiger partial charge in [0.05, 0.1) is 5.92 Å². The van der Waals surface area contributed by atoms with Crippen molar-refractivity contribution in [3.8, 4) is 0 Å². The van der Waals surface area contributed by atoms with Gasteiger partial charge < -0.3 is 15.3 Å². The first kappa shape index (κ1) is 13.0. The number of likely N-dealkylation sites (tertiary alicyclic amines) is 1. The summed E-state index contributed by atoms with van der Waals surface area (Å²) in [6, 6.07) is -0.0465. The number of nitrogens with zero attached hydrogens (tertiary/aromatic N) is 1. The molecule has 1 saturated heterocycles. The van der Waals surface area contributed by atoms with Crippen molar-refractivity contribution in [2.24, 2.45) is 11.8 Å². The van der Waals surface area contributed by atoms with Crippen LogP contribution < -0.4 is 5.32 Å². The first-order chi connectivity index (χ1) is 7.40. The zero-order chi connectivity index (χ0) is 12.3. The van der Waals surface area contributed by atoms with E-state index in [1.54, 1.807) is 0 Å². The minimum absolute atomic E-state index is 0.00978. The van der Waals surface area contributed by atoms with E-state index in [1.165, 1.54) is 0 Å². The van der Waals surface area contributed by atoms with Crippen molar-refractivity contribution in [3.63, 3.8) is 0 Å². The number of carboxylic acid groups (broad SMARTS) is 1. The van der Waals surface area contributed by atoms with Crippen LogP contribution in [0, 0.1) is 11.8 Å². The molecule has 2 N–H and O–H groups in total. The Labute approximate surface area is 95.8 Å². The summed E-state index contributed by atoms with van der Waals surface area (Å²) in [6.07, 6.45) is 0.526. The van der Waals surface area contributed by atoms with E-state index >= 15 is 0 Å². The van der Waals surface area contributed by atoms with Gasteiger partial charge in [-0.05, 0) is 13.5 Å². The molecule has 0 radical (unpaired) electrons. The van der Waals surface area contributed by atoms with Crippen LogP contribution in [0.15, 0.2) is 0 Å². The standard InChI is InChI=1S/C11H20N2O3/c1-7(2)10(14)12-9-4-8(11(15)16)5-13(3)6-9/h7-9H,4-6H2,1-3H3,(H,12,14)(H,15,16). The lowest BCUT2D eigenvalue weighted by Crippen LogP contribution is -2.51. The Hall–Kier alpha value is -1.10. The molecule has 92 valence electrons. The lowest BCUT2D eigenvalue weighted by atomic mass is 9.94. The summed E-state index contributed by atoms with van der Waals surface area (Å²) in [4.78, 5) is 24.4. The van der Waals surface area contributed by atoms with Gasteiger partial charge in [0.15, 0.2) is 0 Å². The maximum Gasteiger partial charge on any atom is 0.307 e. The maximum absolute atomic E-state index is 11.5. The fourth-order valence-electron chi connectivity index (χ4n) is 1.97. The van der Waals surface area contributed by atoms with Crippen molar-refractivity contribution in [1.29, 1.82) is 0 Å². The molecule has 2 unspecified atom stereocenters. The van der Waals surface area contributed by atoms with Crippen molar-refractivity contribution in [1.82, 2.24) is 10.2 Å². The Kier molecular flexibility index (Phi) is 4.29. The predicted octanol–water partition coefficient (Wildman–Crippen LogP) is 0.164. The number of hydrogen-bond donors (Lipinski definition) is 2. The molecular formula is C11H20N2O3. The van der Waals surface area contributed by atoms with E-state index in [1.807, 2.05) is 25.8 Å². The van der Waals surface area contributed by atoms with Crippen LogP contribution in [0.1, 0.15) is 20.3 Å². The summed E-state index contributed by atoms with van der Waals surface area (Å²) in [5, 5.41) is 11.9. The molecule has 1 amide bonds. The molecule has 0 saturated carbocycles. The summed E-state index contributed by atoms with van der Waals surface area (Å²) in [7, 11) is 1.88. The monoisotopic (exact) mass is 228 g/mol. The maximum atomic E-state index is 11.5. The molecule has 2 atom stereocenters. The van der Waals surface area contributed by atoms with E-state index in [0.717, 1.165) is 6.54 Å². The van der Waals surface area contributed by atoms with Gasteiger partial charge >= 0.3 is 5.97 Å². The highest BCUT2D eigenvalue weighted by molar-refractivity contribution is 5.78. The SMILES string of the molecule is CC(C)C(=O)NC1CC(C(=O)O)CN(C)C1. The van der Waals surface area contributed by atoms with Crippen LogP contribution in [0.2, 0.25) is 0 Å². The minimum Gasteiger partial charge on any atom is -0.481 e. The normalized spacial score (nSPS) is 26.8. The summed E-state index contributed by atoms with van der Waals surface area (Å²) in [5.74, 6) is -1.23. The molecule has 1 rings (SSSR count). The van der Waals surface area contributed by atoms with Gasteiger partial charge in [0.25, 0.3) is 0 Å². The number of rotatable bonds is 3. The van der Waals surface area contributed by atoms with Gasteiger partial charge in [-0.1, -0.05) is 13.8 Å². The highest BCUT2D eigenvalue weighted by Gasteiger charge is 2.30. The highest BCUT2D eigenvalue weighted by Crippen LogP contribution is 2.16. The third-order valence-electron chi connectivity index (χ3n) is 2.85. The van der Waals surface area contributed by atoms with Gasteiger partial charge in [0.2, 0.25) is 5.91 Å². The second kappa shape index (κ2) is 5.30. The topological polar surface area (TPSA) is 69.6 Å². The number of amides is 1. The molecule has 1 aliphatic rings. The Balaban J connectivity index is 2.54. The fraction of sp³-hybridized carbons (Fsp3) is 0.818. The zero-order valence-electron chi connectivity index (χ0n) is 10.1. The van der Waals surface area contributed by atoms with Crippen LogP contribution in [-0.4, -0.2) is 48.1 Å². The quantitative estimate of drug-likeness (QED) is 0.722.